The van der Waals surface area contributed by atoms with Gasteiger partial charge in [-0.3, -0.25) is 4.79 Å². The van der Waals surface area contributed by atoms with E-state index in [-0.39, 0.29) is 5.78 Å². The molecule has 0 saturated heterocycles. The lowest BCUT2D eigenvalue weighted by atomic mass is 10.0. The Morgan fingerprint density at radius 1 is 1.33 bits per heavy atom. The van der Waals surface area contributed by atoms with Crippen LogP contribution in [0.1, 0.15) is 28.4 Å². The fraction of sp³-hybridized carbons (Fsp3) is 0.167. The fourth-order valence-electron chi connectivity index (χ4n) is 1.29. The molecule has 1 aromatic rings. The lowest BCUT2D eigenvalue weighted by Crippen LogP contribution is -1.96. The van der Waals surface area contributed by atoms with E-state index in [2.05, 4.69) is 0 Å². The maximum Gasteiger partial charge on any atom is 0.328 e. The second-order valence-electron chi connectivity index (χ2n) is 3.30. The van der Waals surface area contributed by atoms with Crippen LogP contribution in [0.4, 0.5) is 0 Å². The molecule has 1 aromatic carbocycles. The van der Waals surface area contributed by atoms with Crippen LogP contribution in [0.2, 0.25) is 0 Å². The second-order valence-corrected chi connectivity index (χ2v) is 3.30. The molecule has 0 aliphatic carbocycles. The van der Waals surface area contributed by atoms with Crippen LogP contribution < -0.4 is 0 Å². The highest BCUT2D eigenvalue weighted by atomic mass is 16.4. The summed E-state index contributed by atoms with van der Waals surface area (Å²) in [5.74, 6) is -1.02. The summed E-state index contributed by atoms with van der Waals surface area (Å²) in [4.78, 5) is 21.5. The van der Waals surface area contributed by atoms with Crippen molar-refractivity contribution in [2.24, 2.45) is 0 Å². The van der Waals surface area contributed by atoms with Crippen molar-refractivity contribution in [1.29, 1.82) is 0 Å². The second kappa shape index (κ2) is 4.55. The summed E-state index contributed by atoms with van der Waals surface area (Å²) in [7, 11) is 0. The standard InChI is InChI=1S/C12H12O3/c1-8-3-4-10(5-6-12(14)15)7-11(8)9(2)13/h3-7H,1-2H3,(H,14,15). The first-order valence-electron chi connectivity index (χ1n) is 4.53. The number of carbonyl (C=O) groups is 2. The molecule has 0 fully saturated rings. The van der Waals surface area contributed by atoms with Gasteiger partial charge in [-0.1, -0.05) is 12.1 Å². The van der Waals surface area contributed by atoms with Crippen molar-refractivity contribution in [2.45, 2.75) is 13.8 Å². The quantitative estimate of drug-likeness (QED) is 0.607. The summed E-state index contributed by atoms with van der Waals surface area (Å²) in [5.41, 5.74) is 2.24. The van der Waals surface area contributed by atoms with Gasteiger partial charge in [0.05, 0.1) is 0 Å². The van der Waals surface area contributed by atoms with Gasteiger partial charge in [0, 0.05) is 11.6 Å². The Morgan fingerprint density at radius 2 is 2.00 bits per heavy atom. The number of hydrogen-bond donors (Lipinski definition) is 1. The molecule has 0 aliphatic rings. The van der Waals surface area contributed by atoms with Gasteiger partial charge in [-0.25, -0.2) is 4.79 Å². The largest absolute Gasteiger partial charge is 0.478 e. The zero-order chi connectivity index (χ0) is 11.4. The molecule has 3 nitrogen and oxygen atoms in total. The Bertz CT molecular complexity index is 430. The third-order valence-electron chi connectivity index (χ3n) is 2.06. The smallest absolute Gasteiger partial charge is 0.328 e. The highest BCUT2D eigenvalue weighted by Gasteiger charge is 2.03. The number of benzene rings is 1. The number of carbonyl (C=O) groups excluding carboxylic acids is 1. The summed E-state index contributed by atoms with van der Waals surface area (Å²) in [6.45, 7) is 3.34. The van der Waals surface area contributed by atoms with Crippen LogP contribution in [-0.4, -0.2) is 16.9 Å². The summed E-state index contributed by atoms with van der Waals surface area (Å²) in [6.07, 6.45) is 2.52. The number of Topliss-reactive ketones (excluding diaryl/α,β-unsaturated/α-hetero) is 1. The highest BCUT2D eigenvalue weighted by Crippen LogP contribution is 2.13. The first-order chi connectivity index (χ1) is 7.00. The number of rotatable bonds is 3. The normalized spacial score (nSPS) is 10.5. The summed E-state index contributed by atoms with van der Waals surface area (Å²) in [5, 5.41) is 8.45. The van der Waals surface area contributed by atoms with Crippen LogP contribution in [0, 0.1) is 6.92 Å². The maximum absolute atomic E-state index is 11.2. The van der Waals surface area contributed by atoms with E-state index in [1.54, 1.807) is 18.2 Å². The number of aryl methyl sites for hydroxylation is 1. The zero-order valence-electron chi connectivity index (χ0n) is 8.65. The Hall–Kier alpha value is -1.90. The molecule has 1 N–H and O–H groups in total. The molecular formula is C12H12O3. The van der Waals surface area contributed by atoms with E-state index in [4.69, 9.17) is 5.11 Å². The van der Waals surface area contributed by atoms with E-state index in [1.807, 2.05) is 6.92 Å². The third kappa shape index (κ3) is 3.06. The van der Waals surface area contributed by atoms with Crippen molar-refractivity contribution in [3.63, 3.8) is 0 Å². The Kier molecular flexibility index (Phi) is 3.39. The molecule has 0 aliphatic heterocycles. The van der Waals surface area contributed by atoms with E-state index >= 15 is 0 Å². The van der Waals surface area contributed by atoms with Gasteiger partial charge in [-0.2, -0.15) is 0 Å². The van der Waals surface area contributed by atoms with Gasteiger partial charge in [0.25, 0.3) is 0 Å². The van der Waals surface area contributed by atoms with Crippen molar-refractivity contribution in [3.05, 3.63) is 41.0 Å². The predicted octanol–water partition coefficient (Wildman–Crippen LogP) is 2.30. The number of hydrogen-bond acceptors (Lipinski definition) is 2. The Labute approximate surface area is 88.0 Å². The predicted molar refractivity (Wildman–Crippen MR) is 57.9 cm³/mol. The van der Waals surface area contributed by atoms with Crippen LogP contribution >= 0.6 is 0 Å². The highest BCUT2D eigenvalue weighted by molar-refractivity contribution is 5.96. The average molecular weight is 204 g/mol. The van der Waals surface area contributed by atoms with Crippen LogP contribution in [0.25, 0.3) is 6.08 Å². The SMILES string of the molecule is CC(=O)c1cc(C=CC(=O)O)ccc1C. The van der Waals surface area contributed by atoms with E-state index in [0.717, 1.165) is 11.6 Å². The van der Waals surface area contributed by atoms with Crippen LogP contribution in [-0.2, 0) is 4.79 Å². The molecule has 0 atom stereocenters. The van der Waals surface area contributed by atoms with E-state index in [1.165, 1.54) is 13.0 Å². The summed E-state index contributed by atoms with van der Waals surface area (Å²) in [6, 6.07) is 5.27. The zero-order valence-corrected chi connectivity index (χ0v) is 8.65. The molecule has 0 spiro atoms. The molecule has 0 heterocycles. The molecule has 0 radical (unpaired) electrons. The first kappa shape index (κ1) is 11.2. The van der Waals surface area contributed by atoms with Crippen molar-refractivity contribution < 1.29 is 14.7 Å². The van der Waals surface area contributed by atoms with E-state index in [0.29, 0.717) is 11.1 Å². The van der Waals surface area contributed by atoms with Gasteiger partial charge in [-0.15, -0.1) is 0 Å². The Balaban J connectivity index is 3.08. The molecule has 3 heteroatoms. The lowest BCUT2D eigenvalue weighted by molar-refractivity contribution is -0.131. The minimum Gasteiger partial charge on any atom is -0.478 e. The molecule has 0 amide bonds. The number of ketones is 1. The summed E-state index contributed by atoms with van der Waals surface area (Å²) >= 11 is 0. The Morgan fingerprint density at radius 3 is 2.53 bits per heavy atom. The lowest BCUT2D eigenvalue weighted by Gasteiger charge is -2.02. The van der Waals surface area contributed by atoms with E-state index < -0.39 is 5.97 Å². The molecule has 0 saturated carbocycles. The molecule has 15 heavy (non-hydrogen) atoms. The van der Waals surface area contributed by atoms with Gasteiger partial charge in [0.1, 0.15) is 0 Å². The maximum atomic E-state index is 11.2. The minimum atomic E-state index is -1.00. The van der Waals surface area contributed by atoms with Crippen molar-refractivity contribution in [3.8, 4) is 0 Å². The number of carboxylic acids is 1. The van der Waals surface area contributed by atoms with Gasteiger partial charge in [0.2, 0.25) is 0 Å². The van der Waals surface area contributed by atoms with Gasteiger partial charge in [0.15, 0.2) is 5.78 Å². The van der Waals surface area contributed by atoms with Gasteiger partial charge in [-0.05, 0) is 37.1 Å². The van der Waals surface area contributed by atoms with Crippen molar-refractivity contribution in [1.82, 2.24) is 0 Å². The van der Waals surface area contributed by atoms with Crippen molar-refractivity contribution >= 4 is 17.8 Å². The fourth-order valence-corrected chi connectivity index (χ4v) is 1.29. The van der Waals surface area contributed by atoms with Crippen molar-refractivity contribution in [2.75, 3.05) is 0 Å². The first-order valence-corrected chi connectivity index (χ1v) is 4.53. The molecule has 1 rings (SSSR count). The summed E-state index contributed by atoms with van der Waals surface area (Å²) < 4.78 is 0. The molecular weight excluding hydrogens is 192 g/mol. The number of aliphatic carboxylic acids is 1. The molecule has 78 valence electrons. The third-order valence-corrected chi connectivity index (χ3v) is 2.06. The van der Waals surface area contributed by atoms with Gasteiger partial charge >= 0.3 is 5.97 Å². The van der Waals surface area contributed by atoms with E-state index in [9.17, 15) is 9.59 Å². The molecule has 0 aromatic heterocycles. The minimum absolute atomic E-state index is 0.0157. The van der Waals surface area contributed by atoms with Crippen LogP contribution in [0.15, 0.2) is 24.3 Å². The van der Waals surface area contributed by atoms with Crippen LogP contribution in [0.3, 0.4) is 0 Å². The van der Waals surface area contributed by atoms with Crippen LogP contribution in [0.5, 0.6) is 0 Å². The topological polar surface area (TPSA) is 54.4 Å². The van der Waals surface area contributed by atoms with Gasteiger partial charge < -0.3 is 5.11 Å². The number of carboxylic acid groups (broad SMARTS) is 1. The monoisotopic (exact) mass is 204 g/mol. The molecule has 0 bridgehead atoms. The average Bonchev–Trinajstić information content (AvgIpc) is 2.16. The molecule has 0 unspecified atom stereocenters.